The van der Waals surface area contributed by atoms with Crippen LogP contribution in [0.1, 0.15) is 46.5 Å². The molecule has 0 radical (unpaired) electrons. The summed E-state index contributed by atoms with van der Waals surface area (Å²) in [6, 6.07) is 0. The maximum atomic E-state index is 12.9. The first-order valence-electron chi connectivity index (χ1n) is 9.11. The zero-order chi connectivity index (χ0) is 18.4. The molecule has 2 amide bonds. The highest BCUT2D eigenvalue weighted by Crippen LogP contribution is 2.48. The van der Waals surface area contributed by atoms with Crippen molar-refractivity contribution in [3.05, 3.63) is 28.2 Å². The van der Waals surface area contributed by atoms with Crippen LogP contribution in [0.5, 0.6) is 0 Å². The van der Waals surface area contributed by atoms with Crippen molar-refractivity contribution >= 4 is 34.1 Å². The predicted molar refractivity (Wildman–Crippen MR) is 95.4 cm³/mol. The summed E-state index contributed by atoms with van der Waals surface area (Å²) >= 11 is 1.41. The summed E-state index contributed by atoms with van der Waals surface area (Å²) in [6.07, 6.45) is 9.31. The number of primary amides is 1. The van der Waals surface area contributed by atoms with Gasteiger partial charge in [0.1, 0.15) is 5.00 Å². The van der Waals surface area contributed by atoms with E-state index in [4.69, 9.17) is 5.73 Å². The third-order valence-electron chi connectivity index (χ3n) is 5.94. The summed E-state index contributed by atoms with van der Waals surface area (Å²) in [7, 11) is 0. The number of carboxylic acids is 1. The van der Waals surface area contributed by atoms with Crippen molar-refractivity contribution in [1.82, 2.24) is 0 Å². The summed E-state index contributed by atoms with van der Waals surface area (Å²) in [5.74, 6) is -3.76. The Kier molecular flexibility index (Phi) is 4.34. The molecule has 0 spiro atoms. The van der Waals surface area contributed by atoms with Gasteiger partial charge in [0, 0.05) is 16.8 Å². The minimum atomic E-state index is -1.18. The second-order valence-electron chi connectivity index (χ2n) is 7.44. The lowest BCUT2D eigenvalue weighted by atomic mass is 9.82. The molecule has 138 valence electrons. The van der Waals surface area contributed by atoms with E-state index in [0.717, 1.165) is 42.5 Å². The number of aryl methyl sites for hydroxylation is 1. The van der Waals surface area contributed by atoms with Gasteiger partial charge in [-0.15, -0.1) is 11.3 Å². The molecule has 4 rings (SSSR count). The predicted octanol–water partition coefficient (Wildman–Crippen LogP) is 1.24. The van der Waals surface area contributed by atoms with E-state index in [-0.39, 0.29) is 17.7 Å². The average molecular weight is 373 g/mol. The number of allylic oxidation sites excluding steroid dienone is 2. The highest BCUT2D eigenvalue weighted by Gasteiger charge is 2.49. The first-order chi connectivity index (χ1) is 12.5. The number of hydrogen-bond donors (Lipinski definition) is 2. The van der Waals surface area contributed by atoms with Crippen molar-refractivity contribution in [2.45, 2.75) is 38.5 Å². The number of thiophene rings is 1. The smallest absolute Gasteiger partial charge is 0.251 e. The Bertz CT molecular complexity index is 813. The van der Waals surface area contributed by atoms with Gasteiger partial charge in [-0.25, -0.2) is 0 Å². The van der Waals surface area contributed by atoms with Gasteiger partial charge in [-0.05, 0) is 49.5 Å². The lowest BCUT2D eigenvalue weighted by molar-refractivity contribution is -0.313. The second-order valence-corrected chi connectivity index (χ2v) is 8.55. The van der Waals surface area contributed by atoms with Gasteiger partial charge >= 0.3 is 0 Å². The number of rotatable bonds is 4. The molecule has 3 aliphatic rings. The Hall–Kier alpha value is -2.15. The molecule has 0 unspecified atom stereocenters. The zero-order valence-corrected chi connectivity index (χ0v) is 15.1. The van der Waals surface area contributed by atoms with Gasteiger partial charge in [0.2, 0.25) is 5.91 Å². The number of carbonyl (C=O) groups excluding carboxylic acids is 3. The summed E-state index contributed by atoms with van der Waals surface area (Å²) in [6.45, 7) is 0. The van der Waals surface area contributed by atoms with E-state index in [9.17, 15) is 19.5 Å². The van der Waals surface area contributed by atoms with E-state index in [2.05, 4.69) is 5.32 Å². The fraction of sp³-hybridized carbons (Fsp3) is 0.526. The van der Waals surface area contributed by atoms with Gasteiger partial charge in [0.25, 0.3) is 5.91 Å². The molecular formula is C19H21N2O4S-. The number of nitrogens with two attached hydrogens (primary N) is 1. The molecule has 1 saturated carbocycles. The van der Waals surface area contributed by atoms with Crippen LogP contribution >= 0.6 is 11.3 Å². The third kappa shape index (κ3) is 2.74. The van der Waals surface area contributed by atoms with Crippen molar-refractivity contribution in [2.75, 3.05) is 5.32 Å². The van der Waals surface area contributed by atoms with E-state index in [0.29, 0.717) is 17.0 Å². The fourth-order valence-corrected chi connectivity index (χ4v) is 6.09. The first-order valence-corrected chi connectivity index (χ1v) is 9.93. The van der Waals surface area contributed by atoms with E-state index in [1.807, 2.05) is 12.2 Å². The van der Waals surface area contributed by atoms with E-state index in [1.54, 1.807) is 0 Å². The van der Waals surface area contributed by atoms with Crippen LogP contribution < -0.4 is 16.2 Å². The van der Waals surface area contributed by atoms with E-state index in [1.165, 1.54) is 11.3 Å². The monoisotopic (exact) mass is 373 g/mol. The fourth-order valence-electron chi connectivity index (χ4n) is 4.79. The molecule has 0 aliphatic heterocycles. The largest absolute Gasteiger partial charge is 0.550 e. The van der Waals surface area contributed by atoms with Crippen LogP contribution in [0.4, 0.5) is 5.00 Å². The number of fused-ring (bicyclic) bond motifs is 3. The zero-order valence-electron chi connectivity index (χ0n) is 14.3. The Balaban J connectivity index is 1.63. The SMILES string of the molecule is NC(=O)c1c(NC(=O)[C@H]2[C@@H](C(=O)[O-])[C@H]3C=C[C@@H]2C3)sc2c1CCCCC2. The van der Waals surface area contributed by atoms with Gasteiger partial charge in [-0.2, -0.15) is 0 Å². The summed E-state index contributed by atoms with van der Waals surface area (Å²) in [4.78, 5) is 37.6. The number of aliphatic carboxylic acids is 1. The molecule has 6 nitrogen and oxygen atoms in total. The highest BCUT2D eigenvalue weighted by molar-refractivity contribution is 7.17. The summed E-state index contributed by atoms with van der Waals surface area (Å²) in [5.41, 5.74) is 6.96. The van der Waals surface area contributed by atoms with Crippen molar-refractivity contribution in [3.63, 3.8) is 0 Å². The molecule has 26 heavy (non-hydrogen) atoms. The Morgan fingerprint density at radius 2 is 1.77 bits per heavy atom. The lowest BCUT2D eigenvalue weighted by Crippen LogP contribution is -2.43. The quantitative estimate of drug-likeness (QED) is 0.611. The lowest BCUT2D eigenvalue weighted by Gasteiger charge is -2.27. The van der Waals surface area contributed by atoms with Crippen molar-refractivity contribution in [3.8, 4) is 0 Å². The van der Waals surface area contributed by atoms with Crippen molar-refractivity contribution in [1.29, 1.82) is 0 Å². The molecule has 7 heteroatoms. The molecule has 3 aliphatic carbocycles. The van der Waals surface area contributed by atoms with Crippen LogP contribution in [-0.2, 0) is 22.4 Å². The molecule has 1 aromatic heterocycles. The molecule has 1 heterocycles. The van der Waals surface area contributed by atoms with Gasteiger partial charge < -0.3 is 21.0 Å². The minimum absolute atomic E-state index is 0.0854. The standard InChI is InChI=1S/C19H22N2O4S/c20-16(22)15-11-4-2-1-3-5-12(11)26-18(15)21-17(23)13-9-6-7-10(8-9)14(13)19(24)25/h6-7,9-10,13-14H,1-5,8H2,(H2,20,22)(H,21,23)(H,24,25)/p-1/t9-,10+,13-,14+/m1/s1. The molecule has 0 aromatic carbocycles. The third-order valence-corrected chi connectivity index (χ3v) is 7.15. The number of amides is 2. The normalized spacial score (nSPS) is 29.2. The molecule has 1 aromatic rings. The topological polar surface area (TPSA) is 112 Å². The van der Waals surface area contributed by atoms with Gasteiger partial charge in [-0.3, -0.25) is 9.59 Å². The number of anilines is 1. The van der Waals surface area contributed by atoms with Gasteiger partial charge in [0.15, 0.2) is 0 Å². The molecular weight excluding hydrogens is 352 g/mol. The van der Waals surface area contributed by atoms with Crippen LogP contribution in [0.15, 0.2) is 12.2 Å². The summed E-state index contributed by atoms with van der Waals surface area (Å²) in [5, 5.41) is 14.8. The molecule has 3 N–H and O–H groups in total. The number of carboxylic acid groups (broad SMARTS) is 1. The van der Waals surface area contributed by atoms with E-state index >= 15 is 0 Å². The van der Waals surface area contributed by atoms with Crippen LogP contribution in [0.3, 0.4) is 0 Å². The molecule has 4 atom stereocenters. The maximum Gasteiger partial charge on any atom is 0.251 e. The summed E-state index contributed by atoms with van der Waals surface area (Å²) < 4.78 is 0. The number of carbonyl (C=O) groups is 3. The number of hydrogen-bond acceptors (Lipinski definition) is 5. The van der Waals surface area contributed by atoms with Crippen molar-refractivity contribution in [2.24, 2.45) is 29.4 Å². The van der Waals surface area contributed by atoms with Gasteiger partial charge in [0.05, 0.1) is 11.5 Å². The van der Waals surface area contributed by atoms with Crippen LogP contribution in [0, 0.1) is 23.7 Å². The van der Waals surface area contributed by atoms with Crippen LogP contribution in [0.2, 0.25) is 0 Å². The molecule has 0 saturated heterocycles. The Morgan fingerprint density at radius 3 is 2.46 bits per heavy atom. The maximum absolute atomic E-state index is 12.9. The Morgan fingerprint density at radius 1 is 1.08 bits per heavy atom. The van der Waals surface area contributed by atoms with Gasteiger partial charge in [-0.1, -0.05) is 18.6 Å². The van der Waals surface area contributed by atoms with Crippen LogP contribution in [-0.4, -0.2) is 17.8 Å². The number of nitrogens with one attached hydrogen (secondary N) is 1. The minimum Gasteiger partial charge on any atom is -0.550 e. The van der Waals surface area contributed by atoms with E-state index < -0.39 is 23.7 Å². The second kappa shape index (κ2) is 6.54. The first kappa shape index (κ1) is 17.3. The molecule has 1 fully saturated rings. The van der Waals surface area contributed by atoms with Crippen LogP contribution in [0.25, 0.3) is 0 Å². The Labute approximate surface area is 155 Å². The average Bonchev–Trinajstić information content (AvgIpc) is 3.23. The highest BCUT2D eigenvalue weighted by atomic mass is 32.1. The van der Waals surface area contributed by atoms with Crippen molar-refractivity contribution < 1.29 is 19.5 Å². The molecule has 2 bridgehead atoms.